The highest BCUT2D eigenvalue weighted by Gasteiger charge is 2.15. The van der Waals surface area contributed by atoms with Crippen LogP contribution in [0.2, 0.25) is 5.02 Å². The first-order valence-electron chi connectivity index (χ1n) is 8.10. The lowest BCUT2D eigenvalue weighted by molar-refractivity contribution is -0.129. The molecule has 0 heterocycles. The quantitative estimate of drug-likeness (QED) is 0.788. The van der Waals surface area contributed by atoms with E-state index in [0.717, 1.165) is 17.7 Å². The Bertz CT molecular complexity index is 779. The highest BCUT2D eigenvalue weighted by Crippen LogP contribution is 2.18. The van der Waals surface area contributed by atoms with Crippen LogP contribution in [-0.4, -0.2) is 29.8 Å². The van der Waals surface area contributed by atoms with Crippen LogP contribution in [0.25, 0.3) is 0 Å². The van der Waals surface area contributed by atoms with Crippen LogP contribution in [0.3, 0.4) is 0 Å². The normalized spacial score (nSPS) is 10.5. The molecule has 2 aromatic rings. The Balaban J connectivity index is 1.89. The number of rotatable bonds is 7. The van der Waals surface area contributed by atoms with Crippen LogP contribution in [0.4, 0.5) is 14.5 Å². The van der Waals surface area contributed by atoms with Crippen molar-refractivity contribution in [2.45, 2.75) is 19.8 Å². The van der Waals surface area contributed by atoms with Crippen molar-refractivity contribution in [1.29, 1.82) is 0 Å². The lowest BCUT2D eigenvalue weighted by atomic mass is 10.1. The van der Waals surface area contributed by atoms with Gasteiger partial charge in [-0.3, -0.25) is 9.59 Å². The SMILES string of the molecule is CC(=O)N(CCC(=O)Nc1c(F)cccc1F)CCc1cccc(Cl)c1. The maximum absolute atomic E-state index is 13.5. The fourth-order valence-electron chi connectivity index (χ4n) is 2.44. The van der Waals surface area contributed by atoms with E-state index in [2.05, 4.69) is 5.32 Å². The number of nitrogens with one attached hydrogen (secondary N) is 1. The van der Waals surface area contributed by atoms with Crippen molar-refractivity contribution in [1.82, 2.24) is 4.90 Å². The van der Waals surface area contributed by atoms with Crippen molar-refractivity contribution in [2.75, 3.05) is 18.4 Å². The Hall–Kier alpha value is -2.47. The van der Waals surface area contributed by atoms with Crippen molar-refractivity contribution in [3.8, 4) is 0 Å². The lowest BCUT2D eigenvalue weighted by Crippen LogP contribution is -2.33. The molecule has 26 heavy (non-hydrogen) atoms. The minimum Gasteiger partial charge on any atom is -0.342 e. The molecule has 0 aliphatic carbocycles. The van der Waals surface area contributed by atoms with Gasteiger partial charge in [0.05, 0.1) is 0 Å². The molecule has 0 fully saturated rings. The van der Waals surface area contributed by atoms with Gasteiger partial charge in [-0.15, -0.1) is 0 Å². The number of hydrogen-bond acceptors (Lipinski definition) is 2. The third-order valence-electron chi connectivity index (χ3n) is 3.84. The van der Waals surface area contributed by atoms with E-state index in [9.17, 15) is 18.4 Å². The molecule has 0 aromatic heterocycles. The van der Waals surface area contributed by atoms with Crippen molar-refractivity contribution >= 4 is 29.1 Å². The summed E-state index contributed by atoms with van der Waals surface area (Å²) in [6.45, 7) is 1.97. The van der Waals surface area contributed by atoms with E-state index >= 15 is 0 Å². The zero-order valence-corrected chi connectivity index (χ0v) is 15.0. The second-order valence-electron chi connectivity index (χ2n) is 5.78. The highest BCUT2D eigenvalue weighted by atomic mass is 35.5. The van der Waals surface area contributed by atoms with Crippen LogP contribution in [0.15, 0.2) is 42.5 Å². The summed E-state index contributed by atoms with van der Waals surface area (Å²) in [5.41, 5.74) is 0.493. The van der Waals surface area contributed by atoms with Crippen LogP contribution in [0.1, 0.15) is 18.9 Å². The molecular weight excluding hydrogens is 362 g/mol. The average molecular weight is 381 g/mol. The Morgan fingerprint density at radius 3 is 2.35 bits per heavy atom. The minimum absolute atomic E-state index is 0.0666. The molecule has 0 radical (unpaired) electrons. The Kier molecular flexibility index (Phi) is 7.09. The van der Waals surface area contributed by atoms with E-state index in [1.54, 1.807) is 6.07 Å². The molecule has 0 aliphatic heterocycles. The molecule has 0 unspecified atom stereocenters. The number of para-hydroxylation sites is 1. The molecule has 4 nitrogen and oxygen atoms in total. The number of amides is 2. The number of halogens is 3. The summed E-state index contributed by atoms with van der Waals surface area (Å²) in [6, 6.07) is 10.6. The summed E-state index contributed by atoms with van der Waals surface area (Å²) in [6.07, 6.45) is 0.520. The molecule has 7 heteroatoms. The van der Waals surface area contributed by atoms with Crippen molar-refractivity contribution in [3.63, 3.8) is 0 Å². The van der Waals surface area contributed by atoms with Gasteiger partial charge < -0.3 is 10.2 Å². The summed E-state index contributed by atoms with van der Waals surface area (Å²) in [5.74, 6) is -2.44. The summed E-state index contributed by atoms with van der Waals surface area (Å²) >= 11 is 5.93. The van der Waals surface area contributed by atoms with Crippen LogP contribution < -0.4 is 5.32 Å². The van der Waals surface area contributed by atoms with Crippen LogP contribution in [-0.2, 0) is 16.0 Å². The third-order valence-corrected chi connectivity index (χ3v) is 4.08. The molecule has 0 atom stereocenters. The molecule has 2 rings (SSSR count). The molecule has 1 N–H and O–H groups in total. The Morgan fingerprint density at radius 2 is 1.73 bits per heavy atom. The fraction of sp³-hybridized carbons (Fsp3) is 0.263. The van der Waals surface area contributed by atoms with Gasteiger partial charge in [0.1, 0.15) is 17.3 Å². The number of carbonyl (C=O) groups is 2. The summed E-state index contributed by atoms with van der Waals surface area (Å²) in [5, 5.41) is 2.82. The molecule has 0 bridgehead atoms. The van der Waals surface area contributed by atoms with Gasteiger partial charge in [0.2, 0.25) is 11.8 Å². The van der Waals surface area contributed by atoms with Crippen molar-refractivity contribution in [2.24, 2.45) is 0 Å². The molecule has 2 amide bonds. The van der Waals surface area contributed by atoms with Gasteiger partial charge >= 0.3 is 0 Å². The van der Waals surface area contributed by atoms with E-state index in [4.69, 9.17) is 11.6 Å². The molecule has 0 aliphatic rings. The van der Waals surface area contributed by atoms with Crippen LogP contribution in [0.5, 0.6) is 0 Å². The molecule has 0 spiro atoms. The van der Waals surface area contributed by atoms with Crippen LogP contribution >= 0.6 is 11.6 Å². The number of nitrogens with zero attached hydrogens (tertiary/aromatic N) is 1. The summed E-state index contributed by atoms with van der Waals surface area (Å²) in [4.78, 5) is 25.2. The zero-order chi connectivity index (χ0) is 19.1. The van der Waals surface area contributed by atoms with E-state index in [-0.39, 0.29) is 18.9 Å². The topological polar surface area (TPSA) is 49.4 Å². The first-order chi connectivity index (χ1) is 12.4. The Morgan fingerprint density at radius 1 is 1.08 bits per heavy atom. The molecule has 138 valence electrons. The monoisotopic (exact) mass is 380 g/mol. The maximum Gasteiger partial charge on any atom is 0.226 e. The van der Waals surface area contributed by atoms with Gasteiger partial charge in [-0.25, -0.2) is 8.78 Å². The first-order valence-corrected chi connectivity index (χ1v) is 8.48. The average Bonchev–Trinajstić information content (AvgIpc) is 2.58. The molecular formula is C19H19ClF2N2O2. The molecule has 0 saturated carbocycles. The Labute approximate surface area is 155 Å². The summed E-state index contributed by atoms with van der Waals surface area (Å²) < 4.78 is 27.1. The molecule has 2 aromatic carbocycles. The van der Waals surface area contributed by atoms with E-state index in [1.807, 2.05) is 18.2 Å². The van der Waals surface area contributed by atoms with Crippen LogP contribution in [0, 0.1) is 11.6 Å². The zero-order valence-electron chi connectivity index (χ0n) is 14.3. The molecule has 0 saturated heterocycles. The lowest BCUT2D eigenvalue weighted by Gasteiger charge is -2.21. The summed E-state index contributed by atoms with van der Waals surface area (Å²) in [7, 11) is 0. The van der Waals surface area contributed by atoms with Crippen molar-refractivity contribution in [3.05, 3.63) is 64.7 Å². The van der Waals surface area contributed by atoms with E-state index in [1.165, 1.54) is 17.9 Å². The predicted octanol–water partition coefficient (Wildman–Crippen LogP) is 4.04. The van der Waals surface area contributed by atoms with Gasteiger partial charge in [-0.05, 0) is 36.2 Å². The van der Waals surface area contributed by atoms with Gasteiger partial charge in [0, 0.05) is 31.5 Å². The number of anilines is 1. The van der Waals surface area contributed by atoms with E-state index < -0.39 is 23.2 Å². The predicted molar refractivity (Wildman–Crippen MR) is 97.0 cm³/mol. The largest absolute Gasteiger partial charge is 0.342 e. The fourth-order valence-corrected chi connectivity index (χ4v) is 2.65. The standard InChI is InChI=1S/C19H19ClF2N2O2/c1-13(25)24(10-8-14-4-2-5-15(20)12-14)11-9-18(26)23-19-16(21)6-3-7-17(19)22/h2-7,12H,8-11H2,1H3,(H,23,26). The third kappa shape index (κ3) is 5.81. The second kappa shape index (κ2) is 9.29. The number of benzene rings is 2. The maximum atomic E-state index is 13.5. The van der Waals surface area contributed by atoms with Gasteiger partial charge in [-0.2, -0.15) is 0 Å². The van der Waals surface area contributed by atoms with Gasteiger partial charge in [0.15, 0.2) is 0 Å². The highest BCUT2D eigenvalue weighted by molar-refractivity contribution is 6.30. The second-order valence-corrected chi connectivity index (χ2v) is 6.22. The number of hydrogen-bond donors (Lipinski definition) is 1. The van der Waals surface area contributed by atoms with Gasteiger partial charge in [-0.1, -0.05) is 29.8 Å². The first kappa shape index (κ1) is 19.8. The number of carbonyl (C=O) groups excluding carboxylic acids is 2. The van der Waals surface area contributed by atoms with E-state index in [0.29, 0.717) is 18.0 Å². The minimum atomic E-state index is -0.845. The van der Waals surface area contributed by atoms with Crippen molar-refractivity contribution < 1.29 is 18.4 Å². The van der Waals surface area contributed by atoms with Gasteiger partial charge in [0.25, 0.3) is 0 Å². The smallest absolute Gasteiger partial charge is 0.226 e.